The highest BCUT2D eigenvalue weighted by atomic mass is 16.5. The van der Waals surface area contributed by atoms with Gasteiger partial charge in [-0.15, -0.1) is 0 Å². The molecule has 0 aromatic rings. The van der Waals surface area contributed by atoms with Crippen LogP contribution in [0.1, 0.15) is 32.6 Å². The maximum absolute atomic E-state index is 11.4. The maximum atomic E-state index is 11.4. The van der Waals surface area contributed by atoms with E-state index in [1.54, 1.807) is 0 Å². The van der Waals surface area contributed by atoms with Gasteiger partial charge in [-0.05, 0) is 26.2 Å². The number of amides is 1. The third-order valence-electron chi connectivity index (χ3n) is 2.81. The van der Waals surface area contributed by atoms with Crippen molar-refractivity contribution in [1.29, 1.82) is 0 Å². The van der Waals surface area contributed by atoms with Gasteiger partial charge in [0.25, 0.3) is 0 Å². The van der Waals surface area contributed by atoms with E-state index in [-0.39, 0.29) is 18.6 Å². The van der Waals surface area contributed by atoms with Crippen molar-refractivity contribution in [3.8, 4) is 0 Å². The van der Waals surface area contributed by atoms with Crippen LogP contribution in [0.2, 0.25) is 0 Å². The number of ether oxygens (including phenoxy) is 1. The van der Waals surface area contributed by atoms with E-state index in [0.717, 1.165) is 26.4 Å². The van der Waals surface area contributed by atoms with Crippen LogP contribution in [-0.2, 0) is 14.3 Å². The van der Waals surface area contributed by atoms with Crippen LogP contribution in [0.25, 0.3) is 0 Å². The van der Waals surface area contributed by atoms with Crippen LogP contribution < -0.4 is 5.32 Å². The van der Waals surface area contributed by atoms with Crippen molar-refractivity contribution in [2.75, 3.05) is 13.2 Å². The second-order valence-electron chi connectivity index (χ2n) is 4.53. The molecule has 6 heteroatoms. The Labute approximate surface area is 100.0 Å². The van der Waals surface area contributed by atoms with Crippen molar-refractivity contribution in [3.05, 3.63) is 0 Å². The Balaban J connectivity index is 2.18. The molecule has 0 saturated carbocycles. The Morgan fingerprint density at radius 3 is 2.76 bits per heavy atom. The van der Waals surface area contributed by atoms with E-state index in [0.29, 0.717) is 12.8 Å². The number of aliphatic hydroxyl groups is 1. The van der Waals surface area contributed by atoms with E-state index >= 15 is 0 Å². The molecule has 2 atom stereocenters. The molecule has 1 aliphatic heterocycles. The molecule has 1 amide bonds. The number of nitrogens with one attached hydrogen (secondary N) is 1. The molecular weight excluding hydrogens is 226 g/mol. The number of carbonyl (C=O) groups is 2. The highest BCUT2D eigenvalue weighted by Gasteiger charge is 2.30. The average molecular weight is 245 g/mol. The van der Waals surface area contributed by atoms with E-state index in [4.69, 9.17) is 9.84 Å². The number of carboxylic acids is 1. The molecule has 6 nitrogen and oxygen atoms in total. The molecule has 0 aromatic heterocycles. The van der Waals surface area contributed by atoms with Gasteiger partial charge in [-0.25, -0.2) is 4.79 Å². The second kappa shape index (κ2) is 5.97. The number of hydrogen-bond donors (Lipinski definition) is 3. The Hall–Kier alpha value is -1.14. The SMILES string of the molecule is CC(O)(CNC(=O)CCC1CCCO1)C(=O)O. The molecule has 0 spiro atoms. The van der Waals surface area contributed by atoms with E-state index in [1.165, 1.54) is 0 Å². The van der Waals surface area contributed by atoms with Gasteiger partial charge in [0.1, 0.15) is 0 Å². The van der Waals surface area contributed by atoms with Gasteiger partial charge in [-0.1, -0.05) is 0 Å². The molecule has 0 aliphatic carbocycles. The van der Waals surface area contributed by atoms with E-state index in [1.807, 2.05) is 0 Å². The summed E-state index contributed by atoms with van der Waals surface area (Å²) in [5.74, 6) is -1.61. The summed E-state index contributed by atoms with van der Waals surface area (Å²) >= 11 is 0. The number of aliphatic carboxylic acids is 1. The zero-order valence-corrected chi connectivity index (χ0v) is 9.94. The monoisotopic (exact) mass is 245 g/mol. The number of carboxylic acid groups (broad SMARTS) is 1. The molecule has 2 unspecified atom stereocenters. The van der Waals surface area contributed by atoms with Crippen molar-refractivity contribution >= 4 is 11.9 Å². The summed E-state index contributed by atoms with van der Waals surface area (Å²) in [4.78, 5) is 22.0. The minimum Gasteiger partial charge on any atom is -0.479 e. The van der Waals surface area contributed by atoms with Gasteiger partial charge in [0.2, 0.25) is 5.91 Å². The van der Waals surface area contributed by atoms with E-state index < -0.39 is 11.6 Å². The van der Waals surface area contributed by atoms with Crippen molar-refractivity contribution in [3.63, 3.8) is 0 Å². The minimum absolute atomic E-state index is 0.140. The topological polar surface area (TPSA) is 95.9 Å². The predicted octanol–water partition coefficient (Wildman–Crippen LogP) is -0.103. The van der Waals surface area contributed by atoms with Gasteiger partial charge in [0, 0.05) is 13.0 Å². The number of rotatable bonds is 6. The molecule has 3 N–H and O–H groups in total. The van der Waals surface area contributed by atoms with Crippen molar-refractivity contribution in [2.24, 2.45) is 0 Å². The van der Waals surface area contributed by atoms with Gasteiger partial charge in [0.05, 0.1) is 12.6 Å². The lowest BCUT2D eigenvalue weighted by Gasteiger charge is -2.18. The molecule has 98 valence electrons. The molecule has 1 saturated heterocycles. The number of carbonyl (C=O) groups excluding carboxylic acids is 1. The Bertz CT molecular complexity index is 284. The Morgan fingerprint density at radius 1 is 1.53 bits per heavy atom. The third kappa shape index (κ3) is 4.70. The highest BCUT2D eigenvalue weighted by Crippen LogP contribution is 2.16. The first kappa shape index (κ1) is 13.9. The molecule has 17 heavy (non-hydrogen) atoms. The van der Waals surface area contributed by atoms with E-state index in [2.05, 4.69) is 5.32 Å². The van der Waals surface area contributed by atoms with Gasteiger partial charge >= 0.3 is 5.97 Å². The molecule has 0 aromatic carbocycles. The Morgan fingerprint density at radius 2 is 2.24 bits per heavy atom. The molecule has 0 radical (unpaired) electrons. The van der Waals surface area contributed by atoms with Gasteiger partial charge in [0.15, 0.2) is 5.60 Å². The van der Waals surface area contributed by atoms with Crippen molar-refractivity contribution in [1.82, 2.24) is 5.32 Å². The smallest absolute Gasteiger partial charge is 0.337 e. The highest BCUT2D eigenvalue weighted by molar-refractivity contribution is 5.80. The summed E-state index contributed by atoms with van der Waals surface area (Å²) in [5, 5.41) is 20.4. The first-order valence-corrected chi connectivity index (χ1v) is 5.76. The third-order valence-corrected chi connectivity index (χ3v) is 2.81. The van der Waals surface area contributed by atoms with Crippen LogP contribution in [0.15, 0.2) is 0 Å². The van der Waals surface area contributed by atoms with Crippen LogP contribution in [0.4, 0.5) is 0 Å². The summed E-state index contributed by atoms with van der Waals surface area (Å²) in [6.07, 6.45) is 3.07. The van der Waals surface area contributed by atoms with Crippen LogP contribution in [0, 0.1) is 0 Å². The van der Waals surface area contributed by atoms with E-state index in [9.17, 15) is 14.7 Å². The summed E-state index contributed by atoms with van der Waals surface area (Å²) in [6.45, 7) is 1.61. The van der Waals surface area contributed by atoms with Crippen molar-refractivity contribution in [2.45, 2.75) is 44.3 Å². The molecule has 1 fully saturated rings. The lowest BCUT2D eigenvalue weighted by molar-refractivity contribution is -0.156. The lowest BCUT2D eigenvalue weighted by atomic mass is 10.1. The van der Waals surface area contributed by atoms with Crippen LogP contribution in [0.5, 0.6) is 0 Å². The zero-order chi connectivity index (χ0) is 12.9. The summed E-state index contributed by atoms with van der Waals surface area (Å²) in [5.41, 5.74) is -1.92. The first-order chi connectivity index (χ1) is 7.92. The molecule has 1 rings (SSSR count). The van der Waals surface area contributed by atoms with Gasteiger partial charge in [-0.3, -0.25) is 4.79 Å². The van der Waals surface area contributed by atoms with Crippen LogP contribution in [-0.4, -0.2) is 46.9 Å². The summed E-state index contributed by atoms with van der Waals surface area (Å²) < 4.78 is 5.36. The normalized spacial score (nSPS) is 23.1. The van der Waals surface area contributed by atoms with Crippen LogP contribution in [0.3, 0.4) is 0 Å². The van der Waals surface area contributed by atoms with Crippen LogP contribution >= 0.6 is 0 Å². The van der Waals surface area contributed by atoms with Gasteiger partial charge < -0.3 is 20.3 Å². The largest absolute Gasteiger partial charge is 0.479 e. The average Bonchev–Trinajstić information content (AvgIpc) is 2.76. The fourth-order valence-corrected chi connectivity index (χ4v) is 1.60. The quantitative estimate of drug-likeness (QED) is 0.607. The van der Waals surface area contributed by atoms with Crippen molar-refractivity contribution < 1.29 is 24.5 Å². The van der Waals surface area contributed by atoms with Gasteiger partial charge in [-0.2, -0.15) is 0 Å². The minimum atomic E-state index is -1.92. The molecular formula is C11H19NO5. The predicted molar refractivity (Wildman–Crippen MR) is 59.5 cm³/mol. The first-order valence-electron chi connectivity index (χ1n) is 5.76. The molecule has 1 heterocycles. The molecule has 0 bridgehead atoms. The Kier molecular flexibility index (Phi) is 4.89. The fraction of sp³-hybridized carbons (Fsp3) is 0.818. The second-order valence-corrected chi connectivity index (χ2v) is 4.53. The zero-order valence-electron chi connectivity index (χ0n) is 9.94. The standard InChI is InChI=1S/C11H19NO5/c1-11(16,10(14)15)7-12-9(13)5-4-8-3-2-6-17-8/h8,16H,2-7H2,1H3,(H,12,13)(H,14,15). The summed E-state index contributed by atoms with van der Waals surface area (Å²) in [7, 11) is 0. The lowest BCUT2D eigenvalue weighted by Crippen LogP contribution is -2.46. The maximum Gasteiger partial charge on any atom is 0.337 e. The fourth-order valence-electron chi connectivity index (χ4n) is 1.60. The number of hydrogen-bond acceptors (Lipinski definition) is 4. The molecule has 1 aliphatic rings. The summed E-state index contributed by atoms with van der Waals surface area (Å²) in [6, 6.07) is 0.